The van der Waals surface area contributed by atoms with Crippen molar-refractivity contribution in [2.24, 2.45) is 5.92 Å². The van der Waals surface area contributed by atoms with E-state index in [1.165, 1.54) is 0 Å². The molecule has 0 aromatic rings. The molecule has 2 nitrogen and oxygen atoms in total. The zero-order chi connectivity index (χ0) is 14.0. The van der Waals surface area contributed by atoms with Crippen molar-refractivity contribution in [3.8, 4) is 0 Å². The van der Waals surface area contributed by atoms with Crippen LogP contribution in [-0.2, 0) is 4.74 Å². The predicted molar refractivity (Wildman–Crippen MR) is 65.4 cm³/mol. The average molecular weight is 270 g/mol. The molecule has 2 unspecified atom stereocenters. The van der Waals surface area contributed by atoms with E-state index >= 15 is 0 Å². The second-order valence-electron chi connectivity index (χ2n) is 4.76. The van der Waals surface area contributed by atoms with E-state index in [2.05, 4.69) is 18.6 Å². The molecule has 0 rings (SSSR count). The molecule has 0 aliphatic rings. The number of unbranched alkanes of at least 4 members (excludes halogenated alkanes) is 1. The van der Waals surface area contributed by atoms with Crippen LogP contribution in [0.3, 0.4) is 0 Å². The molecule has 0 saturated heterocycles. The molecule has 0 spiro atoms. The third-order valence-electron chi connectivity index (χ3n) is 3.01. The molecule has 2 atom stereocenters. The van der Waals surface area contributed by atoms with Crippen LogP contribution in [0.15, 0.2) is 0 Å². The van der Waals surface area contributed by atoms with Gasteiger partial charge in [0, 0.05) is 6.61 Å². The van der Waals surface area contributed by atoms with Crippen LogP contribution >= 0.6 is 0 Å². The predicted octanol–water partition coefficient (Wildman–Crippen LogP) is 3.92. The molecule has 5 heteroatoms. The van der Waals surface area contributed by atoms with E-state index in [1.54, 1.807) is 0 Å². The number of aliphatic hydroxyl groups excluding tert-OH is 1. The van der Waals surface area contributed by atoms with Crippen molar-refractivity contribution in [3.05, 3.63) is 0 Å². The molecule has 0 amide bonds. The van der Waals surface area contributed by atoms with Crippen LogP contribution in [0.5, 0.6) is 0 Å². The van der Waals surface area contributed by atoms with Gasteiger partial charge in [0.2, 0.25) is 0 Å². The summed E-state index contributed by atoms with van der Waals surface area (Å²) in [4.78, 5) is 0. The molecule has 0 saturated carbocycles. The van der Waals surface area contributed by atoms with E-state index < -0.39 is 18.9 Å². The average Bonchev–Trinajstić information content (AvgIpc) is 2.29. The Balaban J connectivity index is 3.65. The zero-order valence-corrected chi connectivity index (χ0v) is 11.3. The first-order chi connectivity index (χ1) is 8.39. The molecular formula is C13H25F3O2. The number of rotatable bonds is 10. The van der Waals surface area contributed by atoms with E-state index in [-0.39, 0.29) is 13.0 Å². The minimum atomic E-state index is -4.28. The number of aliphatic hydroxyl groups is 1. The second-order valence-corrected chi connectivity index (χ2v) is 4.76. The van der Waals surface area contributed by atoms with Gasteiger partial charge in [-0.25, -0.2) is 0 Å². The standard InChI is InChI=1S/C13H25F3O2/c1-3-5-6-11(4-2)9-12(17)7-8-18-10-13(14,15)16/h11-12,17H,3-10H2,1-2H3. The maximum absolute atomic E-state index is 11.8. The summed E-state index contributed by atoms with van der Waals surface area (Å²) in [5, 5.41) is 9.72. The van der Waals surface area contributed by atoms with Gasteiger partial charge in [-0.2, -0.15) is 13.2 Å². The Morgan fingerprint density at radius 1 is 1.17 bits per heavy atom. The minimum Gasteiger partial charge on any atom is -0.393 e. The molecule has 110 valence electrons. The third-order valence-corrected chi connectivity index (χ3v) is 3.01. The summed E-state index contributed by atoms with van der Waals surface area (Å²) in [7, 11) is 0. The fraction of sp³-hybridized carbons (Fsp3) is 1.00. The highest BCUT2D eigenvalue weighted by Gasteiger charge is 2.27. The van der Waals surface area contributed by atoms with Gasteiger partial charge in [0.25, 0.3) is 0 Å². The van der Waals surface area contributed by atoms with Gasteiger partial charge < -0.3 is 9.84 Å². The van der Waals surface area contributed by atoms with Crippen molar-refractivity contribution in [2.45, 2.75) is 64.7 Å². The Morgan fingerprint density at radius 3 is 2.33 bits per heavy atom. The van der Waals surface area contributed by atoms with Crippen LogP contribution in [0, 0.1) is 5.92 Å². The smallest absolute Gasteiger partial charge is 0.393 e. The van der Waals surface area contributed by atoms with Gasteiger partial charge in [-0.15, -0.1) is 0 Å². The van der Waals surface area contributed by atoms with E-state index in [9.17, 15) is 18.3 Å². The van der Waals surface area contributed by atoms with Crippen LogP contribution in [0.25, 0.3) is 0 Å². The summed E-state index contributed by atoms with van der Waals surface area (Å²) >= 11 is 0. The van der Waals surface area contributed by atoms with Gasteiger partial charge >= 0.3 is 6.18 Å². The van der Waals surface area contributed by atoms with Gasteiger partial charge in [-0.3, -0.25) is 0 Å². The topological polar surface area (TPSA) is 29.5 Å². The summed E-state index contributed by atoms with van der Waals surface area (Å²) in [6.07, 6.45) is 0.438. The van der Waals surface area contributed by atoms with Gasteiger partial charge in [-0.05, 0) is 18.8 Å². The van der Waals surface area contributed by atoms with Crippen LogP contribution in [0.4, 0.5) is 13.2 Å². The molecule has 0 radical (unpaired) electrons. The summed E-state index contributed by atoms with van der Waals surface area (Å²) in [6.45, 7) is 2.93. The molecular weight excluding hydrogens is 245 g/mol. The Morgan fingerprint density at radius 2 is 1.83 bits per heavy atom. The van der Waals surface area contributed by atoms with Crippen molar-refractivity contribution in [2.75, 3.05) is 13.2 Å². The highest BCUT2D eigenvalue weighted by molar-refractivity contribution is 4.64. The van der Waals surface area contributed by atoms with E-state index in [4.69, 9.17) is 0 Å². The minimum absolute atomic E-state index is 0.0368. The first-order valence-electron chi connectivity index (χ1n) is 6.71. The summed E-state index contributed by atoms with van der Waals surface area (Å²) in [5.74, 6) is 0.461. The fourth-order valence-electron chi connectivity index (χ4n) is 1.89. The Labute approximate surface area is 108 Å². The lowest BCUT2D eigenvalue weighted by Crippen LogP contribution is -2.20. The van der Waals surface area contributed by atoms with Gasteiger partial charge in [0.05, 0.1) is 6.10 Å². The van der Waals surface area contributed by atoms with Crippen molar-refractivity contribution in [3.63, 3.8) is 0 Å². The number of hydrogen-bond acceptors (Lipinski definition) is 2. The highest BCUT2D eigenvalue weighted by atomic mass is 19.4. The van der Waals surface area contributed by atoms with E-state index in [1.807, 2.05) is 0 Å². The Hall–Kier alpha value is -0.290. The number of alkyl halides is 3. The third kappa shape index (κ3) is 10.8. The van der Waals surface area contributed by atoms with Crippen molar-refractivity contribution in [1.29, 1.82) is 0 Å². The fourth-order valence-corrected chi connectivity index (χ4v) is 1.89. The van der Waals surface area contributed by atoms with Crippen LogP contribution < -0.4 is 0 Å². The molecule has 0 heterocycles. The molecule has 18 heavy (non-hydrogen) atoms. The second kappa shape index (κ2) is 9.62. The first-order valence-corrected chi connectivity index (χ1v) is 6.71. The van der Waals surface area contributed by atoms with E-state index in [0.717, 1.165) is 25.7 Å². The largest absolute Gasteiger partial charge is 0.411 e. The lowest BCUT2D eigenvalue weighted by atomic mass is 9.92. The zero-order valence-electron chi connectivity index (χ0n) is 11.3. The number of hydrogen-bond donors (Lipinski definition) is 1. The van der Waals surface area contributed by atoms with Crippen molar-refractivity contribution < 1.29 is 23.0 Å². The van der Waals surface area contributed by atoms with Gasteiger partial charge in [-0.1, -0.05) is 39.5 Å². The molecule has 1 N–H and O–H groups in total. The summed E-state index contributed by atoms with van der Waals surface area (Å²) in [6, 6.07) is 0. The quantitative estimate of drug-likeness (QED) is 0.610. The van der Waals surface area contributed by atoms with Crippen molar-refractivity contribution in [1.82, 2.24) is 0 Å². The number of halogens is 3. The Kier molecular flexibility index (Phi) is 9.46. The summed E-state index contributed by atoms with van der Waals surface area (Å²) < 4.78 is 39.9. The maximum atomic E-state index is 11.8. The van der Waals surface area contributed by atoms with Crippen LogP contribution in [-0.4, -0.2) is 30.6 Å². The lowest BCUT2D eigenvalue weighted by molar-refractivity contribution is -0.175. The molecule has 0 bridgehead atoms. The van der Waals surface area contributed by atoms with Crippen LogP contribution in [0.1, 0.15) is 52.4 Å². The Bertz CT molecular complexity index is 195. The molecule has 0 aliphatic carbocycles. The summed E-state index contributed by atoms with van der Waals surface area (Å²) in [5.41, 5.74) is 0. The van der Waals surface area contributed by atoms with Gasteiger partial charge in [0.15, 0.2) is 0 Å². The first kappa shape index (κ1) is 17.7. The van der Waals surface area contributed by atoms with Crippen molar-refractivity contribution >= 4 is 0 Å². The lowest BCUT2D eigenvalue weighted by Gasteiger charge is -2.18. The molecule has 0 fully saturated rings. The highest BCUT2D eigenvalue weighted by Crippen LogP contribution is 2.20. The molecule has 0 aromatic heterocycles. The van der Waals surface area contributed by atoms with E-state index in [0.29, 0.717) is 12.3 Å². The SMILES string of the molecule is CCCCC(CC)CC(O)CCOCC(F)(F)F. The van der Waals surface area contributed by atoms with Gasteiger partial charge in [0.1, 0.15) is 6.61 Å². The monoisotopic (exact) mass is 270 g/mol. The number of ether oxygens (including phenoxy) is 1. The normalized spacial score (nSPS) is 15.7. The van der Waals surface area contributed by atoms with Crippen LogP contribution in [0.2, 0.25) is 0 Å². The maximum Gasteiger partial charge on any atom is 0.411 e. The molecule has 0 aromatic carbocycles. The molecule has 0 aliphatic heterocycles.